The lowest BCUT2D eigenvalue weighted by atomic mass is 9.89. The molecule has 2 aromatic heterocycles. The predicted molar refractivity (Wildman–Crippen MR) is 112 cm³/mol. The second kappa shape index (κ2) is 7.68. The summed E-state index contributed by atoms with van der Waals surface area (Å²) in [7, 11) is 0. The fourth-order valence-corrected chi connectivity index (χ4v) is 5.19. The van der Waals surface area contributed by atoms with E-state index in [9.17, 15) is 9.59 Å². The lowest BCUT2D eigenvalue weighted by Crippen LogP contribution is -2.29. The van der Waals surface area contributed by atoms with Gasteiger partial charge in [-0.05, 0) is 55.4 Å². The van der Waals surface area contributed by atoms with Gasteiger partial charge in [0.2, 0.25) is 5.82 Å². The molecule has 1 aliphatic rings. The minimum absolute atomic E-state index is 0.0564. The molecule has 4 rings (SSSR count). The second-order valence-electron chi connectivity index (χ2n) is 7.21. The van der Waals surface area contributed by atoms with E-state index < -0.39 is 5.97 Å². The lowest BCUT2D eigenvalue weighted by molar-refractivity contribution is 0.0505. The van der Waals surface area contributed by atoms with Gasteiger partial charge in [-0.3, -0.25) is 9.36 Å². The van der Waals surface area contributed by atoms with Crippen molar-refractivity contribution < 1.29 is 9.53 Å². The summed E-state index contributed by atoms with van der Waals surface area (Å²) in [6.45, 7) is 4.44. The van der Waals surface area contributed by atoms with E-state index in [4.69, 9.17) is 16.3 Å². The highest BCUT2D eigenvalue weighted by molar-refractivity contribution is 7.18. The Bertz CT molecular complexity index is 1100. The van der Waals surface area contributed by atoms with Crippen LogP contribution in [0.5, 0.6) is 0 Å². The molecule has 1 unspecified atom stereocenters. The van der Waals surface area contributed by atoms with Crippen molar-refractivity contribution in [1.82, 2.24) is 9.55 Å². The van der Waals surface area contributed by atoms with Gasteiger partial charge in [0.05, 0.1) is 18.5 Å². The van der Waals surface area contributed by atoms with Crippen LogP contribution in [0.4, 0.5) is 0 Å². The Kier molecular flexibility index (Phi) is 5.25. The zero-order chi connectivity index (χ0) is 19.8. The number of nitrogens with zero attached hydrogens (tertiary/aromatic N) is 2. The largest absolute Gasteiger partial charge is 0.460 e. The van der Waals surface area contributed by atoms with E-state index in [2.05, 4.69) is 11.9 Å². The first-order valence-corrected chi connectivity index (χ1v) is 10.6. The van der Waals surface area contributed by atoms with Crippen molar-refractivity contribution in [2.24, 2.45) is 5.92 Å². The number of thiophene rings is 1. The number of aryl methyl sites for hydroxylation is 1. The van der Waals surface area contributed by atoms with Crippen LogP contribution >= 0.6 is 22.9 Å². The first-order chi connectivity index (χ1) is 13.5. The number of hydrogen-bond acceptors (Lipinski definition) is 5. The van der Waals surface area contributed by atoms with Crippen LogP contribution in [0.1, 0.15) is 46.9 Å². The Morgan fingerprint density at radius 2 is 2.11 bits per heavy atom. The molecule has 1 aliphatic carbocycles. The van der Waals surface area contributed by atoms with E-state index in [0.29, 0.717) is 21.2 Å². The molecule has 0 spiro atoms. The van der Waals surface area contributed by atoms with Crippen LogP contribution in [-0.2, 0) is 24.1 Å². The number of ether oxygens (including phenoxy) is 1. The topological polar surface area (TPSA) is 61.2 Å². The average Bonchev–Trinajstić information content (AvgIpc) is 3.03. The number of carbonyl (C=O) groups excluding carboxylic acids is 1. The molecule has 3 aromatic rings. The number of rotatable bonds is 4. The van der Waals surface area contributed by atoms with Crippen molar-refractivity contribution in [3.63, 3.8) is 0 Å². The van der Waals surface area contributed by atoms with Crippen LogP contribution in [0.2, 0.25) is 5.02 Å². The molecular weight excluding hydrogens is 396 g/mol. The summed E-state index contributed by atoms with van der Waals surface area (Å²) >= 11 is 7.50. The Hall–Kier alpha value is -2.18. The molecule has 1 aromatic carbocycles. The zero-order valence-electron chi connectivity index (χ0n) is 15.8. The molecule has 0 amide bonds. The fourth-order valence-electron chi connectivity index (χ4n) is 3.69. The van der Waals surface area contributed by atoms with Gasteiger partial charge < -0.3 is 4.74 Å². The monoisotopic (exact) mass is 416 g/mol. The third-order valence-electron chi connectivity index (χ3n) is 5.13. The summed E-state index contributed by atoms with van der Waals surface area (Å²) in [4.78, 5) is 32.4. The zero-order valence-corrected chi connectivity index (χ0v) is 17.4. The molecule has 28 heavy (non-hydrogen) atoms. The maximum atomic E-state index is 13.4. The summed E-state index contributed by atoms with van der Waals surface area (Å²) in [6.07, 6.45) is 2.91. The Morgan fingerprint density at radius 1 is 1.36 bits per heavy atom. The first kappa shape index (κ1) is 19.2. The molecule has 0 fully saturated rings. The smallest absolute Gasteiger partial charge is 0.374 e. The summed E-state index contributed by atoms with van der Waals surface area (Å²) in [6, 6.07) is 7.23. The normalized spacial score (nSPS) is 16.2. The van der Waals surface area contributed by atoms with Crippen molar-refractivity contribution in [1.29, 1.82) is 0 Å². The number of hydrogen-bond donors (Lipinski definition) is 0. The Balaban J connectivity index is 1.90. The maximum absolute atomic E-state index is 13.4. The van der Waals surface area contributed by atoms with E-state index in [1.54, 1.807) is 19.1 Å². The molecule has 1 atom stereocenters. The van der Waals surface area contributed by atoms with E-state index >= 15 is 0 Å². The van der Waals surface area contributed by atoms with Gasteiger partial charge in [-0.15, -0.1) is 11.3 Å². The van der Waals surface area contributed by atoms with Crippen LogP contribution in [0.15, 0.2) is 29.1 Å². The Morgan fingerprint density at radius 3 is 2.82 bits per heavy atom. The third-order valence-corrected chi connectivity index (χ3v) is 6.53. The van der Waals surface area contributed by atoms with E-state index in [0.717, 1.165) is 30.4 Å². The van der Waals surface area contributed by atoms with E-state index in [-0.39, 0.29) is 24.5 Å². The highest BCUT2D eigenvalue weighted by Crippen LogP contribution is 2.36. The Labute approximate surface area is 171 Å². The standard InChI is InChI=1S/C21H21ClN2O3S/c1-3-27-21(26)18-23-19-17(15-9-4-12(2)10-16(15)28-19)20(25)24(18)11-13-5-7-14(22)8-6-13/h5-8,12H,3-4,9-11H2,1-2H3. The molecule has 146 valence electrons. The summed E-state index contributed by atoms with van der Waals surface area (Å²) in [5.41, 5.74) is 1.81. The van der Waals surface area contributed by atoms with Gasteiger partial charge in [-0.1, -0.05) is 30.7 Å². The second-order valence-corrected chi connectivity index (χ2v) is 8.73. The molecule has 2 heterocycles. The van der Waals surface area contributed by atoms with Gasteiger partial charge in [-0.25, -0.2) is 9.78 Å². The molecule has 0 aliphatic heterocycles. The van der Waals surface area contributed by atoms with Crippen LogP contribution < -0.4 is 5.56 Å². The van der Waals surface area contributed by atoms with Gasteiger partial charge in [0.1, 0.15) is 4.83 Å². The number of halogens is 1. The molecule has 0 saturated carbocycles. The van der Waals surface area contributed by atoms with Crippen molar-refractivity contribution in [2.75, 3.05) is 6.61 Å². The van der Waals surface area contributed by atoms with Gasteiger partial charge in [0.15, 0.2) is 0 Å². The summed E-state index contributed by atoms with van der Waals surface area (Å²) in [5, 5.41) is 1.28. The van der Waals surface area contributed by atoms with Gasteiger partial charge in [0, 0.05) is 9.90 Å². The van der Waals surface area contributed by atoms with E-state index in [1.165, 1.54) is 20.8 Å². The third kappa shape index (κ3) is 3.47. The molecule has 0 N–H and O–H groups in total. The van der Waals surface area contributed by atoms with Gasteiger partial charge in [-0.2, -0.15) is 0 Å². The molecule has 0 radical (unpaired) electrons. The van der Waals surface area contributed by atoms with Crippen LogP contribution in [-0.4, -0.2) is 22.1 Å². The summed E-state index contributed by atoms with van der Waals surface area (Å²) < 4.78 is 6.61. The van der Waals surface area contributed by atoms with Crippen LogP contribution in [0.3, 0.4) is 0 Å². The molecular formula is C21H21ClN2O3S. The minimum atomic E-state index is -0.574. The van der Waals surface area contributed by atoms with Crippen LogP contribution in [0, 0.1) is 5.92 Å². The molecule has 0 bridgehead atoms. The lowest BCUT2D eigenvalue weighted by Gasteiger charge is -2.17. The highest BCUT2D eigenvalue weighted by Gasteiger charge is 2.26. The van der Waals surface area contributed by atoms with Crippen molar-refractivity contribution in [2.45, 2.75) is 39.7 Å². The number of carbonyl (C=O) groups is 1. The fraction of sp³-hybridized carbons (Fsp3) is 0.381. The first-order valence-electron chi connectivity index (χ1n) is 9.44. The van der Waals surface area contributed by atoms with Crippen LogP contribution in [0.25, 0.3) is 10.2 Å². The van der Waals surface area contributed by atoms with Gasteiger partial charge >= 0.3 is 5.97 Å². The number of aromatic nitrogens is 2. The average molecular weight is 417 g/mol. The highest BCUT2D eigenvalue weighted by atomic mass is 35.5. The SMILES string of the molecule is CCOC(=O)c1nc2sc3c(c2c(=O)n1Cc1ccc(Cl)cc1)CCC(C)C3. The van der Waals surface area contributed by atoms with E-state index in [1.807, 2.05) is 12.1 Å². The predicted octanol–water partition coefficient (Wildman–Crippen LogP) is 4.46. The molecule has 7 heteroatoms. The minimum Gasteiger partial charge on any atom is -0.460 e. The molecule has 5 nitrogen and oxygen atoms in total. The van der Waals surface area contributed by atoms with Gasteiger partial charge in [0.25, 0.3) is 5.56 Å². The number of esters is 1. The molecule has 0 saturated heterocycles. The number of fused-ring (bicyclic) bond motifs is 3. The summed E-state index contributed by atoms with van der Waals surface area (Å²) in [5.74, 6) is 0.0810. The van der Waals surface area contributed by atoms with Crippen molar-refractivity contribution in [3.05, 3.63) is 61.5 Å². The van der Waals surface area contributed by atoms with Crippen molar-refractivity contribution in [3.8, 4) is 0 Å². The number of benzene rings is 1. The van der Waals surface area contributed by atoms with Crippen molar-refractivity contribution >= 4 is 39.1 Å². The quantitative estimate of drug-likeness (QED) is 0.589. The maximum Gasteiger partial charge on any atom is 0.374 e.